The van der Waals surface area contributed by atoms with Crippen molar-refractivity contribution < 1.29 is 32.6 Å². The number of hydrogen-bond acceptors (Lipinski definition) is 3. The van der Waals surface area contributed by atoms with Gasteiger partial charge in [0.2, 0.25) is 5.91 Å². The van der Waals surface area contributed by atoms with Crippen molar-refractivity contribution in [1.29, 1.82) is 0 Å². The van der Waals surface area contributed by atoms with Crippen LogP contribution in [0.5, 0.6) is 0 Å². The number of carbonyl (C=O) groups excluding carboxylic acids is 1. The Bertz CT molecular complexity index is 933. The topological polar surface area (TPSA) is 75.6 Å². The lowest BCUT2D eigenvalue weighted by Gasteiger charge is -2.25. The van der Waals surface area contributed by atoms with Gasteiger partial charge in [-0.2, -0.15) is 13.2 Å². The number of carboxylic acid groups (broad SMARTS) is 1. The summed E-state index contributed by atoms with van der Waals surface area (Å²) in [6.07, 6.45) is -3.72. The molecule has 0 radical (unpaired) electrons. The molecule has 1 saturated carbocycles. The van der Waals surface area contributed by atoms with Crippen LogP contribution in [-0.4, -0.2) is 23.1 Å². The van der Waals surface area contributed by atoms with E-state index in [-0.39, 0.29) is 24.0 Å². The standard InChI is InChI=1S/C23H24F3NO4/c1-14(2)19(31-13-15-3-7-18(8-4-15)23(24,25)26)20(28)27-22(11-12-22)17-9-5-16(6-10-17)21(29)30/h3-10,14,19H,11-13H2,1-2H3,(H,27,28)(H,29,30)/t19-/m1/s1. The lowest BCUT2D eigenvalue weighted by molar-refractivity contribution is -0.138. The minimum absolute atomic E-state index is 0.00864. The van der Waals surface area contributed by atoms with Crippen LogP contribution >= 0.6 is 0 Å². The van der Waals surface area contributed by atoms with Gasteiger partial charge in [0.05, 0.1) is 23.3 Å². The average molecular weight is 435 g/mol. The van der Waals surface area contributed by atoms with E-state index < -0.39 is 29.4 Å². The quantitative estimate of drug-likeness (QED) is 0.628. The molecule has 0 unspecified atom stereocenters. The summed E-state index contributed by atoms with van der Waals surface area (Å²) in [5.41, 5.74) is 0.261. The van der Waals surface area contributed by atoms with Gasteiger partial charge in [0.15, 0.2) is 0 Å². The van der Waals surface area contributed by atoms with Crippen molar-refractivity contribution in [2.24, 2.45) is 5.92 Å². The lowest BCUT2D eigenvalue weighted by Crippen LogP contribution is -2.44. The maximum atomic E-state index is 12.9. The zero-order valence-electron chi connectivity index (χ0n) is 17.2. The van der Waals surface area contributed by atoms with Crippen molar-refractivity contribution in [3.8, 4) is 0 Å². The predicted octanol–water partition coefficient (Wildman–Crippen LogP) is 4.75. The molecule has 1 aliphatic rings. The summed E-state index contributed by atoms with van der Waals surface area (Å²) in [5.74, 6) is -1.47. The van der Waals surface area contributed by atoms with Gasteiger partial charge in [-0.05, 0) is 54.2 Å². The Morgan fingerprint density at radius 2 is 1.65 bits per heavy atom. The molecule has 8 heteroatoms. The van der Waals surface area contributed by atoms with Crippen LogP contribution in [0.25, 0.3) is 0 Å². The number of amides is 1. The third-order valence-corrected chi connectivity index (χ3v) is 5.37. The molecule has 5 nitrogen and oxygen atoms in total. The molecule has 2 aromatic rings. The number of alkyl halides is 3. The van der Waals surface area contributed by atoms with E-state index in [9.17, 15) is 22.8 Å². The molecule has 0 spiro atoms. The number of aromatic carboxylic acids is 1. The summed E-state index contributed by atoms with van der Waals surface area (Å²) in [6, 6.07) is 11.1. The first-order valence-corrected chi connectivity index (χ1v) is 9.95. The highest BCUT2D eigenvalue weighted by Crippen LogP contribution is 2.45. The smallest absolute Gasteiger partial charge is 0.416 e. The molecule has 2 aromatic carbocycles. The highest BCUT2D eigenvalue weighted by atomic mass is 19.4. The van der Waals surface area contributed by atoms with Gasteiger partial charge in [-0.25, -0.2) is 4.79 Å². The Labute approximate surface area is 178 Å². The molecule has 1 fully saturated rings. The van der Waals surface area contributed by atoms with E-state index in [0.29, 0.717) is 5.56 Å². The number of rotatable bonds is 8. The number of nitrogens with one attached hydrogen (secondary N) is 1. The van der Waals surface area contributed by atoms with Crippen molar-refractivity contribution in [2.75, 3.05) is 0 Å². The fourth-order valence-electron chi connectivity index (χ4n) is 3.40. The van der Waals surface area contributed by atoms with Gasteiger partial charge in [0.25, 0.3) is 0 Å². The van der Waals surface area contributed by atoms with Crippen LogP contribution in [0.1, 0.15) is 53.7 Å². The molecule has 0 aromatic heterocycles. The first kappa shape index (κ1) is 22.8. The van der Waals surface area contributed by atoms with Crippen molar-refractivity contribution in [3.05, 3.63) is 70.8 Å². The van der Waals surface area contributed by atoms with E-state index in [1.165, 1.54) is 24.3 Å². The van der Waals surface area contributed by atoms with Crippen molar-refractivity contribution in [1.82, 2.24) is 5.32 Å². The van der Waals surface area contributed by atoms with Crippen LogP contribution in [0.3, 0.4) is 0 Å². The summed E-state index contributed by atoms with van der Waals surface area (Å²) in [7, 11) is 0. The van der Waals surface area contributed by atoms with Crippen LogP contribution in [0.4, 0.5) is 13.2 Å². The van der Waals surface area contributed by atoms with E-state index >= 15 is 0 Å². The van der Waals surface area contributed by atoms with Crippen LogP contribution in [-0.2, 0) is 27.9 Å². The Morgan fingerprint density at radius 3 is 2.10 bits per heavy atom. The van der Waals surface area contributed by atoms with Gasteiger partial charge in [-0.1, -0.05) is 38.1 Å². The first-order chi connectivity index (χ1) is 14.5. The average Bonchev–Trinajstić information content (AvgIpc) is 3.48. The van der Waals surface area contributed by atoms with Gasteiger partial charge < -0.3 is 15.2 Å². The summed E-state index contributed by atoms with van der Waals surface area (Å²) < 4.78 is 43.9. The van der Waals surface area contributed by atoms with Crippen LogP contribution in [0, 0.1) is 5.92 Å². The van der Waals surface area contributed by atoms with Gasteiger partial charge >= 0.3 is 12.1 Å². The Morgan fingerprint density at radius 1 is 1.06 bits per heavy atom. The molecule has 0 bridgehead atoms. The maximum absolute atomic E-state index is 12.9. The molecular formula is C23H24F3NO4. The summed E-state index contributed by atoms with van der Waals surface area (Å²) in [4.78, 5) is 24.0. The molecule has 1 atom stereocenters. The molecule has 0 aliphatic heterocycles. The van der Waals surface area contributed by atoms with E-state index in [1.54, 1.807) is 12.1 Å². The molecule has 2 N–H and O–H groups in total. The highest BCUT2D eigenvalue weighted by Gasteiger charge is 2.47. The summed E-state index contributed by atoms with van der Waals surface area (Å²) in [5, 5.41) is 12.1. The number of hydrogen-bond donors (Lipinski definition) is 2. The number of benzene rings is 2. The van der Waals surface area contributed by atoms with E-state index in [0.717, 1.165) is 30.5 Å². The van der Waals surface area contributed by atoms with Gasteiger partial charge in [-0.15, -0.1) is 0 Å². The highest BCUT2D eigenvalue weighted by molar-refractivity contribution is 5.87. The minimum Gasteiger partial charge on any atom is -0.478 e. The maximum Gasteiger partial charge on any atom is 0.416 e. The van der Waals surface area contributed by atoms with E-state index in [1.807, 2.05) is 13.8 Å². The molecule has 166 valence electrons. The third-order valence-electron chi connectivity index (χ3n) is 5.37. The van der Waals surface area contributed by atoms with E-state index in [4.69, 9.17) is 9.84 Å². The first-order valence-electron chi connectivity index (χ1n) is 9.95. The predicted molar refractivity (Wildman–Crippen MR) is 107 cm³/mol. The second-order valence-electron chi connectivity index (χ2n) is 8.12. The second kappa shape index (κ2) is 8.70. The number of halogens is 3. The van der Waals surface area contributed by atoms with Gasteiger partial charge in [0.1, 0.15) is 6.10 Å². The molecule has 1 aliphatic carbocycles. The zero-order chi connectivity index (χ0) is 22.8. The lowest BCUT2D eigenvalue weighted by atomic mass is 10.0. The second-order valence-corrected chi connectivity index (χ2v) is 8.12. The number of ether oxygens (including phenoxy) is 1. The number of carboxylic acids is 1. The Hall–Kier alpha value is -2.87. The monoisotopic (exact) mass is 435 g/mol. The molecular weight excluding hydrogens is 411 g/mol. The molecule has 3 rings (SSSR count). The van der Waals surface area contributed by atoms with E-state index in [2.05, 4.69) is 5.32 Å². The van der Waals surface area contributed by atoms with Gasteiger partial charge in [0, 0.05) is 0 Å². The molecule has 1 amide bonds. The fourth-order valence-corrected chi connectivity index (χ4v) is 3.40. The van der Waals surface area contributed by atoms with Crippen LogP contribution < -0.4 is 5.32 Å². The third kappa shape index (κ3) is 5.44. The molecule has 0 heterocycles. The van der Waals surface area contributed by atoms with Gasteiger partial charge in [-0.3, -0.25) is 4.79 Å². The summed E-state index contributed by atoms with van der Waals surface area (Å²) >= 11 is 0. The minimum atomic E-state index is -4.40. The SMILES string of the molecule is CC(C)[C@@H](OCc1ccc(C(F)(F)F)cc1)C(=O)NC1(c2ccc(C(=O)O)cc2)CC1. The Kier molecular flexibility index (Phi) is 6.40. The zero-order valence-corrected chi connectivity index (χ0v) is 17.2. The van der Waals surface area contributed by atoms with Crippen LogP contribution in [0.2, 0.25) is 0 Å². The van der Waals surface area contributed by atoms with Crippen LogP contribution in [0.15, 0.2) is 48.5 Å². The van der Waals surface area contributed by atoms with Crippen molar-refractivity contribution in [2.45, 2.75) is 51.1 Å². The molecule has 0 saturated heterocycles. The Balaban J connectivity index is 1.64. The number of carbonyl (C=O) groups is 2. The van der Waals surface area contributed by atoms with Crippen molar-refractivity contribution in [3.63, 3.8) is 0 Å². The molecule has 31 heavy (non-hydrogen) atoms. The van der Waals surface area contributed by atoms with Crippen molar-refractivity contribution >= 4 is 11.9 Å². The largest absolute Gasteiger partial charge is 0.478 e. The fraction of sp³-hybridized carbons (Fsp3) is 0.391. The summed E-state index contributed by atoms with van der Waals surface area (Å²) in [6.45, 7) is 3.67. The normalized spacial score (nSPS) is 16.1.